The summed E-state index contributed by atoms with van der Waals surface area (Å²) in [5.74, 6) is 0.354. The average Bonchev–Trinajstić information content (AvgIpc) is 2.46. The van der Waals surface area contributed by atoms with Gasteiger partial charge in [-0.2, -0.15) is 5.10 Å². The predicted octanol–water partition coefficient (Wildman–Crippen LogP) is 4.44. The molecule has 114 valence electrons. The molecule has 22 heavy (non-hydrogen) atoms. The Bertz CT molecular complexity index is 763. The maximum Gasteiger partial charge on any atom is 0.272 e. The molecule has 8 heteroatoms. The number of rotatable bonds is 4. The van der Waals surface area contributed by atoms with Crippen molar-refractivity contribution in [2.75, 3.05) is 5.43 Å². The molecule has 0 fully saturated rings. The molecule has 0 radical (unpaired) electrons. The van der Waals surface area contributed by atoms with Crippen molar-refractivity contribution in [1.82, 2.24) is 4.98 Å². The van der Waals surface area contributed by atoms with Gasteiger partial charge in [-0.3, -0.25) is 15.5 Å². The Kier molecular flexibility index (Phi) is 4.95. The van der Waals surface area contributed by atoms with Gasteiger partial charge in [0, 0.05) is 23.4 Å². The number of nitrogens with zero attached hydrogens (tertiary/aromatic N) is 3. The maximum absolute atomic E-state index is 11.0. The lowest BCUT2D eigenvalue weighted by Gasteiger charge is -2.05. The summed E-state index contributed by atoms with van der Waals surface area (Å²) in [6.45, 7) is 3.41. The first-order valence-corrected chi connectivity index (χ1v) is 7.01. The van der Waals surface area contributed by atoms with E-state index in [9.17, 15) is 10.1 Å². The van der Waals surface area contributed by atoms with Gasteiger partial charge in [0.15, 0.2) is 5.82 Å². The highest BCUT2D eigenvalue weighted by molar-refractivity contribution is 6.35. The summed E-state index contributed by atoms with van der Waals surface area (Å²) in [4.78, 5) is 14.6. The standard InChI is InChI=1S/C14H12Cl2N4O2/c1-8-3-4-10(5-13(8)20(21)22)9(2)18-19-14-12(16)6-11(15)7-17-14/h3-7H,1-2H3,(H,17,19)/b18-9+. The van der Waals surface area contributed by atoms with Crippen LogP contribution in [0.3, 0.4) is 0 Å². The van der Waals surface area contributed by atoms with Gasteiger partial charge in [-0.15, -0.1) is 0 Å². The molecule has 6 nitrogen and oxygen atoms in total. The number of anilines is 1. The van der Waals surface area contributed by atoms with E-state index in [0.717, 1.165) is 0 Å². The Hall–Kier alpha value is -2.18. The summed E-state index contributed by atoms with van der Waals surface area (Å²) in [5.41, 5.74) is 4.56. The molecule has 0 aliphatic rings. The molecular formula is C14H12Cl2N4O2. The first kappa shape index (κ1) is 16.2. The van der Waals surface area contributed by atoms with E-state index in [2.05, 4.69) is 15.5 Å². The molecule has 2 rings (SSSR count). The molecule has 0 aliphatic carbocycles. The van der Waals surface area contributed by atoms with Crippen LogP contribution < -0.4 is 5.43 Å². The van der Waals surface area contributed by atoms with Crippen LogP contribution in [0.2, 0.25) is 10.0 Å². The first-order valence-electron chi connectivity index (χ1n) is 6.25. The monoisotopic (exact) mass is 338 g/mol. The lowest BCUT2D eigenvalue weighted by atomic mass is 10.1. The smallest absolute Gasteiger partial charge is 0.260 e. The molecule has 1 aromatic carbocycles. The number of hydrazone groups is 1. The molecule has 0 unspecified atom stereocenters. The summed E-state index contributed by atoms with van der Waals surface area (Å²) in [7, 11) is 0. The van der Waals surface area contributed by atoms with E-state index in [1.807, 2.05) is 0 Å². The zero-order valence-electron chi connectivity index (χ0n) is 11.8. The zero-order chi connectivity index (χ0) is 16.3. The Morgan fingerprint density at radius 1 is 1.36 bits per heavy atom. The van der Waals surface area contributed by atoms with Crippen molar-refractivity contribution in [2.45, 2.75) is 13.8 Å². The second-order valence-corrected chi connectivity index (χ2v) is 5.39. The largest absolute Gasteiger partial charge is 0.272 e. The molecular weight excluding hydrogens is 327 g/mol. The number of benzene rings is 1. The highest BCUT2D eigenvalue weighted by atomic mass is 35.5. The van der Waals surface area contributed by atoms with Gasteiger partial charge in [0.1, 0.15) is 0 Å². The number of halogens is 2. The summed E-state index contributed by atoms with van der Waals surface area (Å²) >= 11 is 11.7. The van der Waals surface area contributed by atoms with Gasteiger partial charge >= 0.3 is 0 Å². The minimum absolute atomic E-state index is 0.0506. The molecule has 2 aromatic rings. The number of nitro groups is 1. The second-order valence-electron chi connectivity index (χ2n) is 4.55. The highest BCUT2D eigenvalue weighted by Crippen LogP contribution is 2.23. The van der Waals surface area contributed by atoms with Gasteiger partial charge < -0.3 is 0 Å². The lowest BCUT2D eigenvalue weighted by molar-refractivity contribution is -0.385. The molecule has 0 amide bonds. The van der Waals surface area contributed by atoms with Crippen LogP contribution in [0.5, 0.6) is 0 Å². The van der Waals surface area contributed by atoms with Crippen LogP contribution in [0.25, 0.3) is 0 Å². The number of hydrogen-bond acceptors (Lipinski definition) is 5. The number of aryl methyl sites for hydroxylation is 1. The Morgan fingerprint density at radius 3 is 2.73 bits per heavy atom. The SMILES string of the molecule is C/C(=N\Nc1ncc(Cl)cc1Cl)c1ccc(C)c([N+](=O)[O-])c1. The van der Waals surface area contributed by atoms with Gasteiger partial charge in [0.25, 0.3) is 5.69 Å². The van der Waals surface area contributed by atoms with Crippen LogP contribution in [0, 0.1) is 17.0 Å². The van der Waals surface area contributed by atoms with Gasteiger partial charge in [0.2, 0.25) is 0 Å². The quantitative estimate of drug-likeness (QED) is 0.507. The molecule has 1 heterocycles. The number of nitrogens with one attached hydrogen (secondary N) is 1. The third-order valence-corrected chi connectivity index (χ3v) is 3.46. The molecule has 1 N–H and O–H groups in total. The van der Waals surface area contributed by atoms with Crippen molar-refractivity contribution in [3.8, 4) is 0 Å². The van der Waals surface area contributed by atoms with Crippen LogP contribution in [0.4, 0.5) is 11.5 Å². The molecule has 0 saturated heterocycles. The number of nitro benzene ring substituents is 1. The third kappa shape index (κ3) is 3.72. The molecule has 0 bridgehead atoms. The van der Waals surface area contributed by atoms with Gasteiger partial charge in [-0.05, 0) is 19.9 Å². The molecule has 0 aliphatic heterocycles. The van der Waals surface area contributed by atoms with Crippen molar-refractivity contribution < 1.29 is 4.92 Å². The van der Waals surface area contributed by atoms with Crippen molar-refractivity contribution in [3.63, 3.8) is 0 Å². The van der Waals surface area contributed by atoms with E-state index in [-0.39, 0.29) is 5.69 Å². The average molecular weight is 339 g/mol. The maximum atomic E-state index is 11.0. The Labute approximate surface area is 136 Å². The fourth-order valence-electron chi connectivity index (χ4n) is 1.73. The van der Waals surface area contributed by atoms with E-state index in [4.69, 9.17) is 23.2 Å². The van der Waals surface area contributed by atoms with Gasteiger partial charge in [-0.1, -0.05) is 35.3 Å². The second kappa shape index (κ2) is 6.72. The predicted molar refractivity (Wildman–Crippen MR) is 87.9 cm³/mol. The molecule has 0 spiro atoms. The highest BCUT2D eigenvalue weighted by Gasteiger charge is 2.12. The van der Waals surface area contributed by atoms with Crippen LogP contribution in [0.1, 0.15) is 18.1 Å². The fourth-order valence-corrected chi connectivity index (χ4v) is 2.15. The topological polar surface area (TPSA) is 80.4 Å². The summed E-state index contributed by atoms with van der Waals surface area (Å²) < 4.78 is 0. The van der Waals surface area contributed by atoms with Gasteiger partial charge in [0.05, 0.1) is 20.7 Å². The Balaban J connectivity index is 2.25. The van der Waals surface area contributed by atoms with Crippen molar-refractivity contribution in [2.24, 2.45) is 5.10 Å². The number of aromatic nitrogens is 1. The van der Waals surface area contributed by atoms with Crippen molar-refractivity contribution in [1.29, 1.82) is 0 Å². The van der Waals surface area contributed by atoms with E-state index in [1.165, 1.54) is 12.3 Å². The third-order valence-electron chi connectivity index (χ3n) is 2.96. The summed E-state index contributed by atoms with van der Waals surface area (Å²) in [5, 5.41) is 15.9. The minimum atomic E-state index is -0.419. The van der Waals surface area contributed by atoms with Gasteiger partial charge in [-0.25, -0.2) is 4.98 Å². The van der Waals surface area contributed by atoms with E-state index in [1.54, 1.807) is 32.0 Å². The van der Waals surface area contributed by atoms with Crippen LogP contribution in [-0.2, 0) is 0 Å². The molecule has 1 aromatic heterocycles. The zero-order valence-corrected chi connectivity index (χ0v) is 13.3. The number of hydrogen-bond donors (Lipinski definition) is 1. The Morgan fingerprint density at radius 2 is 2.09 bits per heavy atom. The van der Waals surface area contributed by atoms with E-state index in [0.29, 0.717) is 32.7 Å². The first-order chi connectivity index (χ1) is 10.4. The van der Waals surface area contributed by atoms with Crippen LogP contribution >= 0.6 is 23.2 Å². The molecule has 0 saturated carbocycles. The summed E-state index contributed by atoms with van der Waals surface area (Å²) in [6, 6.07) is 6.46. The van der Waals surface area contributed by atoms with Crippen LogP contribution in [-0.4, -0.2) is 15.6 Å². The van der Waals surface area contributed by atoms with Crippen LogP contribution in [0.15, 0.2) is 35.6 Å². The minimum Gasteiger partial charge on any atom is -0.260 e. The van der Waals surface area contributed by atoms with Crippen molar-refractivity contribution >= 4 is 40.4 Å². The summed E-state index contributed by atoms with van der Waals surface area (Å²) in [6.07, 6.45) is 1.44. The fraction of sp³-hybridized carbons (Fsp3) is 0.143. The normalized spacial score (nSPS) is 11.4. The van der Waals surface area contributed by atoms with E-state index >= 15 is 0 Å². The van der Waals surface area contributed by atoms with E-state index < -0.39 is 4.92 Å². The number of pyridine rings is 1. The molecule has 0 atom stereocenters. The lowest BCUT2D eigenvalue weighted by Crippen LogP contribution is -2.02. The van der Waals surface area contributed by atoms with Crippen molar-refractivity contribution in [3.05, 3.63) is 61.7 Å².